The Labute approximate surface area is 119 Å². The van der Waals surface area contributed by atoms with Crippen LogP contribution in [0.25, 0.3) is 0 Å². The third-order valence-electron chi connectivity index (χ3n) is 4.24. The summed E-state index contributed by atoms with van der Waals surface area (Å²) in [4.78, 5) is 24.7. The fourth-order valence-corrected chi connectivity index (χ4v) is 3.04. The van der Waals surface area contributed by atoms with Crippen LogP contribution < -0.4 is 5.32 Å². The van der Waals surface area contributed by atoms with Crippen LogP contribution in [0.2, 0.25) is 0 Å². The molecule has 0 aromatic rings. The fourth-order valence-electron chi connectivity index (χ4n) is 3.04. The van der Waals surface area contributed by atoms with Gasteiger partial charge in [0, 0.05) is 32.2 Å². The molecular weight excluding hydrogens is 260 g/mol. The zero-order chi connectivity index (χ0) is 14.5. The number of carbonyl (C=O) groups is 2. The topological polar surface area (TPSA) is 78.9 Å². The number of carbonyl (C=O) groups excluding carboxylic acids is 1. The molecule has 20 heavy (non-hydrogen) atoms. The number of carboxylic acids is 1. The molecule has 1 heterocycles. The molecule has 0 spiro atoms. The third kappa shape index (κ3) is 4.10. The van der Waals surface area contributed by atoms with Gasteiger partial charge < -0.3 is 20.1 Å². The van der Waals surface area contributed by atoms with Crippen molar-refractivity contribution < 1.29 is 19.4 Å². The molecule has 0 bridgehead atoms. The van der Waals surface area contributed by atoms with Crippen molar-refractivity contribution in [2.24, 2.45) is 11.8 Å². The van der Waals surface area contributed by atoms with Gasteiger partial charge in [-0.1, -0.05) is 0 Å². The predicted octanol–water partition coefficient (Wildman–Crippen LogP) is 1.31. The second-order valence-corrected chi connectivity index (χ2v) is 5.96. The zero-order valence-electron chi connectivity index (χ0n) is 12.0. The zero-order valence-corrected chi connectivity index (χ0v) is 12.0. The van der Waals surface area contributed by atoms with Crippen LogP contribution in [-0.2, 0) is 9.53 Å². The van der Waals surface area contributed by atoms with Crippen LogP contribution in [0.3, 0.4) is 0 Å². The van der Waals surface area contributed by atoms with Crippen LogP contribution in [-0.4, -0.2) is 54.9 Å². The average Bonchev–Trinajstić information content (AvgIpc) is 2.88. The number of carboxylic acid groups (broad SMARTS) is 1. The molecule has 114 valence electrons. The first kappa shape index (κ1) is 15.1. The first-order chi connectivity index (χ1) is 9.56. The molecule has 6 nitrogen and oxygen atoms in total. The number of nitrogens with zero attached hydrogens (tertiary/aromatic N) is 1. The van der Waals surface area contributed by atoms with E-state index < -0.39 is 5.97 Å². The maximum Gasteiger partial charge on any atom is 0.317 e. The molecule has 0 aromatic carbocycles. The number of aliphatic carboxylic acids is 1. The van der Waals surface area contributed by atoms with Gasteiger partial charge in [0.2, 0.25) is 0 Å². The highest BCUT2D eigenvalue weighted by atomic mass is 16.5. The van der Waals surface area contributed by atoms with Crippen molar-refractivity contribution in [1.29, 1.82) is 0 Å². The number of rotatable bonds is 4. The van der Waals surface area contributed by atoms with Crippen molar-refractivity contribution in [3.05, 3.63) is 0 Å². The fraction of sp³-hybridized carbons (Fsp3) is 0.857. The Kier molecular flexibility index (Phi) is 5.23. The number of ether oxygens (including phenoxy) is 1. The Morgan fingerprint density at radius 2 is 2.15 bits per heavy atom. The third-order valence-corrected chi connectivity index (χ3v) is 4.24. The van der Waals surface area contributed by atoms with E-state index in [1.807, 2.05) is 0 Å². The van der Waals surface area contributed by atoms with Crippen LogP contribution in [0.15, 0.2) is 0 Å². The largest absolute Gasteiger partial charge is 0.481 e. The predicted molar refractivity (Wildman–Crippen MR) is 73.5 cm³/mol. The van der Waals surface area contributed by atoms with E-state index in [4.69, 9.17) is 9.84 Å². The molecule has 2 N–H and O–H groups in total. The van der Waals surface area contributed by atoms with E-state index in [0.717, 1.165) is 32.5 Å². The van der Waals surface area contributed by atoms with Crippen LogP contribution in [0, 0.1) is 11.8 Å². The molecule has 0 radical (unpaired) electrons. The monoisotopic (exact) mass is 284 g/mol. The maximum atomic E-state index is 12.1. The van der Waals surface area contributed by atoms with Crippen molar-refractivity contribution in [1.82, 2.24) is 10.2 Å². The highest BCUT2D eigenvalue weighted by molar-refractivity contribution is 5.75. The molecule has 2 aliphatic rings. The van der Waals surface area contributed by atoms with Gasteiger partial charge in [-0.25, -0.2) is 4.79 Å². The molecule has 3 atom stereocenters. The van der Waals surface area contributed by atoms with Crippen LogP contribution >= 0.6 is 0 Å². The van der Waals surface area contributed by atoms with Gasteiger partial charge in [0.25, 0.3) is 0 Å². The van der Waals surface area contributed by atoms with E-state index >= 15 is 0 Å². The summed E-state index contributed by atoms with van der Waals surface area (Å²) in [6.07, 6.45) is 4.11. The molecule has 2 amide bonds. The average molecular weight is 284 g/mol. The van der Waals surface area contributed by atoms with E-state index in [0.29, 0.717) is 25.3 Å². The normalized spacial score (nSPS) is 29.9. The molecule has 1 saturated carbocycles. The summed E-state index contributed by atoms with van der Waals surface area (Å²) in [6, 6.07) is -0.111. The molecule has 1 saturated heterocycles. The summed E-state index contributed by atoms with van der Waals surface area (Å²) >= 11 is 0. The standard InChI is InChI=1S/C14H24N2O4/c1-16(8-10-3-2-6-20-9-10)14(19)15-12-5-4-11(7-12)13(17)18/h10-12H,2-9H2,1H3,(H,15,19)(H,17,18)/t10?,11-,12+/m1/s1. The lowest BCUT2D eigenvalue weighted by atomic mass is 10.0. The van der Waals surface area contributed by atoms with Gasteiger partial charge in [-0.05, 0) is 32.1 Å². The van der Waals surface area contributed by atoms with Gasteiger partial charge >= 0.3 is 12.0 Å². The minimum Gasteiger partial charge on any atom is -0.481 e. The van der Waals surface area contributed by atoms with Crippen molar-refractivity contribution in [3.8, 4) is 0 Å². The molecule has 1 aliphatic heterocycles. The molecule has 6 heteroatoms. The molecular formula is C14H24N2O4. The summed E-state index contributed by atoms with van der Waals surface area (Å²) in [5.41, 5.74) is 0. The summed E-state index contributed by atoms with van der Waals surface area (Å²) in [5.74, 6) is -0.651. The quantitative estimate of drug-likeness (QED) is 0.816. The molecule has 0 aromatic heterocycles. The first-order valence-electron chi connectivity index (χ1n) is 7.38. The van der Waals surface area contributed by atoms with E-state index in [1.165, 1.54) is 0 Å². The highest BCUT2D eigenvalue weighted by Gasteiger charge is 2.31. The minimum absolute atomic E-state index is 0.00587. The summed E-state index contributed by atoms with van der Waals surface area (Å²) < 4.78 is 5.41. The summed E-state index contributed by atoms with van der Waals surface area (Å²) in [7, 11) is 1.79. The van der Waals surface area contributed by atoms with Gasteiger partial charge in [0.05, 0.1) is 12.5 Å². The van der Waals surface area contributed by atoms with Crippen LogP contribution in [0.1, 0.15) is 32.1 Å². The van der Waals surface area contributed by atoms with Crippen molar-refractivity contribution >= 4 is 12.0 Å². The Bertz CT molecular complexity index is 355. The molecule has 1 unspecified atom stereocenters. The van der Waals surface area contributed by atoms with Gasteiger partial charge in [-0.2, -0.15) is 0 Å². The van der Waals surface area contributed by atoms with E-state index in [2.05, 4.69) is 5.32 Å². The summed E-state index contributed by atoms with van der Waals surface area (Å²) in [5, 5.41) is 11.9. The number of amides is 2. The minimum atomic E-state index is -0.755. The van der Waals surface area contributed by atoms with Gasteiger partial charge in [0.15, 0.2) is 0 Å². The highest BCUT2D eigenvalue weighted by Crippen LogP contribution is 2.25. The lowest BCUT2D eigenvalue weighted by molar-refractivity contribution is -0.141. The molecule has 2 rings (SSSR count). The van der Waals surface area contributed by atoms with Crippen LogP contribution in [0.5, 0.6) is 0 Å². The number of nitrogens with one attached hydrogen (secondary N) is 1. The van der Waals surface area contributed by atoms with E-state index in [1.54, 1.807) is 11.9 Å². The van der Waals surface area contributed by atoms with Crippen molar-refractivity contribution in [2.75, 3.05) is 26.8 Å². The number of hydrogen-bond acceptors (Lipinski definition) is 3. The van der Waals surface area contributed by atoms with Gasteiger partial charge in [0.1, 0.15) is 0 Å². The van der Waals surface area contributed by atoms with Gasteiger partial charge in [-0.15, -0.1) is 0 Å². The van der Waals surface area contributed by atoms with Crippen molar-refractivity contribution in [3.63, 3.8) is 0 Å². The van der Waals surface area contributed by atoms with E-state index in [9.17, 15) is 9.59 Å². The molecule has 2 fully saturated rings. The number of hydrogen-bond donors (Lipinski definition) is 2. The Hall–Kier alpha value is -1.30. The lowest BCUT2D eigenvalue weighted by Crippen LogP contribution is -2.44. The number of urea groups is 1. The van der Waals surface area contributed by atoms with Crippen molar-refractivity contribution in [2.45, 2.75) is 38.1 Å². The van der Waals surface area contributed by atoms with E-state index in [-0.39, 0.29) is 18.0 Å². The maximum absolute atomic E-state index is 12.1. The Morgan fingerprint density at radius 3 is 2.75 bits per heavy atom. The van der Waals surface area contributed by atoms with Crippen LogP contribution in [0.4, 0.5) is 4.79 Å². The second-order valence-electron chi connectivity index (χ2n) is 5.96. The smallest absolute Gasteiger partial charge is 0.317 e. The SMILES string of the molecule is CN(CC1CCCOC1)C(=O)N[C@H]1CC[C@@H](C(=O)O)C1. The first-order valence-corrected chi connectivity index (χ1v) is 7.38. The second kappa shape index (κ2) is 6.92. The lowest BCUT2D eigenvalue weighted by Gasteiger charge is -2.28. The Morgan fingerprint density at radius 1 is 1.35 bits per heavy atom. The molecule has 1 aliphatic carbocycles. The Balaban J connectivity index is 1.72. The summed E-state index contributed by atoms with van der Waals surface area (Å²) in [6.45, 7) is 2.24. The van der Waals surface area contributed by atoms with Gasteiger partial charge in [-0.3, -0.25) is 4.79 Å².